The molecule has 1 aliphatic heterocycles. The normalized spacial score (nSPS) is 16.7. The standard InChI is InChI=1S/C11H11ClOS/c1-8-11(14-7-6-13-8)9-4-2-3-5-10(9)12/h2-5H,6-7H2,1H3. The van der Waals surface area contributed by atoms with Crippen molar-refractivity contribution in [3.63, 3.8) is 0 Å². The molecule has 0 amide bonds. The first-order valence-electron chi connectivity index (χ1n) is 4.50. The second kappa shape index (κ2) is 4.28. The van der Waals surface area contributed by atoms with Crippen LogP contribution in [0.5, 0.6) is 0 Å². The molecule has 2 rings (SSSR count). The molecule has 14 heavy (non-hydrogen) atoms. The Morgan fingerprint density at radius 1 is 1.36 bits per heavy atom. The molecule has 0 unspecified atom stereocenters. The highest BCUT2D eigenvalue weighted by Crippen LogP contribution is 2.37. The zero-order chi connectivity index (χ0) is 9.97. The molecule has 1 aliphatic rings. The number of allylic oxidation sites excluding steroid dienone is 1. The van der Waals surface area contributed by atoms with Gasteiger partial charge in [0.1, 0.15) is 5.76 Å². The maximum Gasteiger partial charge on any atom is 0.107 e. The molecule has 0 saturated heterocycles. The smallest absolute Gasteiger partial charge is 0.107 e. The molecule has 1 heterocycles. The largest absolute Gasteiger partial charge is 0.496 e. The van der Waals surface area contributed by atoms with Crippen LogP contribution < -0.4 is 0 Å². The Kier molecular flexibility index (Phi) is 3.04. The molecule has 0 N–H and O–H groups in total. The summed E-state index contributed by atoms with van der Waals surface area (Å²) < 4.78 is 5.50. The van der Waals surface area contributed by atoms with Crippen LogP contribution in [0.4, 0.5) is 0 Å². The summed E-state index contributed by atoms with van der Waals surface area (Å²) in [5.41, 5.74) is 1.08. The van der Waals surface area contributed by atoms with E-state index in [1.54, 1.807) is 0 Å². The van der Waals surface area contributed by atoms with Crippen molar-refractivity contribution in [2.75, 3.05) is 12.4 Å². The van der Waals surface area contributed by atoms with Crippen LogP contribution >= 0.6 is 23.4 Å². The minimum absolute atomic E-state index is 0.792. The Morgan fingerprint density at radius 3 is 2.86 bits per heavy atom. The summed E-state index contributed by atoms with van der Waals surface area (Å²) in [7, 11) is 0. The van der Waals surface area contributed by atoms with E-state index in [0.717, 1.165) is 28.7 Å². The lowest BCUT2D eigenvalue weighted by atomic mass is 10.2. The number of ether oxygens (including phenoxy) is 1. The van der Waals surface area contributed by atoms with E-state index in [4.69, 9.17) is 16.3 Å². The molecule has 0 atom stereocenters. The first-order chi connectivity index (χ1) is 6.79. The third kappa shape index (κ3) is 1.91. The van der Waals surface area contributed by atoms with Gasteiger partial charge in [-0.25, -0.2) is 0 Å². The molecular formula is C11H11ClOS. The fourth-order valence-electron chi connectivity index (χ4n) is 1.42. The molecule has 0 aliphatic carbocycles. The van der Waals surface area contributed by atoms with Crippen LogP contribution in [0, 0.1) is 0 Å². The summed E-state index contributed by atoms with van der Waals surface area (Å²) in [5.74, 6) is 1.98. The first-order valence-corrected chi connectivity index (χ1v) is 5.87. The zero-order valence-electron chi connectivity index (χ0n) is 7.92. The predicted octanol–water partition coefficient (Wildman–Crippen LogP) is 3.79. The summed E-state index contributed by atoms with van der Waals surface area (Å²) >= 11 is 7.93. The number of thioether (sulfide) groups is 1. The van der Waals surface area contributed by atoms with Gasteiger partial charge in [-0.3, -0.25) is 0 Å². The van der Waals surface area contributed by atoms with Gasteiger partial charge in [0, 0.05) is 16.3 Å². The van der Waals surface area contributed by atoms with Crippen molar-refractivity contribution in [2.45, 2.75) is 6.92 Å². The van der Waals surface area contributed by atoms with Crippen LogP contribution in [0.1, 0.15) is 12.5 Å². The predicted molar refractivity (Wildman–Crippen MR) is 62.5 cm³/mol. The van der Waals surface area contributed by atoms with E-state index in [1.165, 1.54) is 4.91 Å². The van der Waals surface area contributed by atoms with Crippen LogP contribution in [-0.2, 0) is 4.74 Å². The van der Waals surface area contributed by atoms with Crippen molar-refractivity contribution in [1.82, 2.24) is 0 Å². The van der Waals surface area contributed by atoms with Crippen molar-refractivity contribution in [2.24, 2.45) is 0 Å². The lowest BCUT2D eigenvalue weighted by molar-refractivity contribution is 0.235. The van der Waals surface area contributed by atoms with Gasteiger partial charge in [-0.2, -0.15) is 0 Å². The molecule has 74 valence electrons. The molecule has 3 heteroatoms. The Bertz CT molecular complexity index is 373. The average Bonchev–Trinajstić information content (AvgIpc) is 2.20. The van der Waals surface area contributed by atoms with Crippen molar-refractivity contribution >= 4 is 28.3 Å². The Hall–Kier alpha value is -0.600. The fraction of sp³-hybridized carbons (Fsp3) is 0.273. The molecule has 0 fully saturated rings. The van der Waals surface area contributed by atoms with Gasteiger partial charge >= 0.3 is 0 Å². The van der Waals surface area contributed by atoms with Crippen LogP contribution in [0.2, 0.25) is 5.02 Å². The topological polar surface area (TPSA) is 9.23 Å². The highest BCUT2D eigenvalue weighted by molar-refractivity contribution is 8.08. The van der Waals surface area contributed by atoms with Gasteiger partial charge in [-0.05, 0) is 13.0 Å². The molecule has 1 aromatic carbocycles. The SMILES string of the molecule is CC1=C(c2ccccc2Cl)SCCO1. The molecule has 0 bridgehead atoms. The van der Waals surface area contributed by atoms with Gasteiger partial charge in [0.2, 0.25) is 0 Å². The number of halogens is 1. The number of rotatable bonds is 1. The zero-order valence-corrected chi connectivity index (χ0v) is 9.49. The van der Waals surface area contributed by atoms with Crippen molar-refractivity contribution in [3.05, 3.63) is 40.6 Å². The van der Waals surface area contributed by atoms with Crippen LogP contribution in [0.15, 0.2) is 30.0 Å². The average molecular weight is 227 g/mol. The van der Waals surface area contributed by atoms with Crippen LogP contribution in [-0.4, -0.2) is 12.4 Å². The molecule has 0 spiro atoms. The summed E-state index contributed by atoms with van der Waals surface area (Å²) in [6.07, 6.45) is 0. The second-order valence-electron chi connectivity index (χ2n) is 3.06. The van der Waals surface area contributed by atoms with Crippen molar-refractivity contribution in [3.8, 4) is 0 Å². The van der Waals surface area contributed by atoms with Gasteiger partial charge in [0.25, 0.3) is 0 Å². The van der Waals surface area contributed by atoms with E-state index in [1.807, 2.05) is 43.0 Å². The number of hydrogen-bond acceptors (Lipinski definition) is 2. The van der Waals surface area contributed by atoms with Crippen LogP contribution in [0.3, 0.4) is 0 Å². The summed E-state index contributed by atoms with van der Waals surface area (Å²) in [6, 6.07) is 7.88. The fourth-order valence-corrected chi connectivity index (χ4v) is 2.67. The molecule has 1 nitrogen and oxygen atoms in total. The van der Waals surface area contributed by atoms with Gasteiger partial charge in [0.15, 0.2) is 0 Å². The van der Waals surface area contributed by atoms with E-state index in [0.29, 0.717) is 0 Å². The quantitative estimate of drug-likeness (QED) is 0.721. The van der Waals surface area contributed by atoms with E-state index in [2.05, 4.69) is 0 Å². The van der Waals surface area contributed by atoms with Gasteiger partial charge in [-0.15, -0.1) is 11.8 Å². The molecule has 0 aromatic heterocycles. The van der Waals surface area contributed by atoms with Crippen molar-refractivity contribution < 1.29 is 4.74 Å². The van der Waals surface area contributed by atoms with E-state index < -0.39 is 0 Å². The molecule has 1 aromatic rings. The monoisotopic (exact) mass is 226 g/mol. The van der Waals surface area contributed by atoms with Gasteiger partial charge < -0.3 is 4.74 Å². The van der Waals surface area contributed by atoms with E-state index >= 15 is 0 Å². The molecular weight excluding hydrogens is 216 g/mol. The minimum atomic E-state index is 0.792. The number of benzene rings is 1. The van der Waals surface area contributed by atoms with Crippen molar-refractivity contribution in [1.29, 1.82) is 0 Å². The Morgan fingerprint density at radius 2 is 2.14 bits per heavy atom. The van der Waals surface area contributed by atoms with E-state index in [-0.39, 0.29) is 0 Å². The maximum absolute atomic E-state index is 6.12. The Labute approximate surface area is 93.1 Å². The summed E-state index contributed by atoms with van der Waals surface area (Å²) in [4.78, 5) is 1.17. The molecule has 0 radical (unpaired) electrons. The summed E-state index contributed by atoms with van der Waals surface area (Å²) in [5, 5.41) is 0.792. The molecule has 0 saturated carbocycles. The summed E-state index contributed by atoms with van der Waals surface area (Å²) in [6.45, 7) is 2.79. The second-order valence-corrected chi connectivity index (χ2v) is 4.57. The van der Waals surface area contributed by atoms with Gasteiger partial charge in [0.05, 0.1) is 11.5 Å². The van der Waals surface area contributed by atoms with E-state index in [9.17, 15) is 0 Å². The third-order valence-electron chi connectivity index (χ3n) is 2.09. The lowest BCUT2D eigenvalue weighted by Gasteiger charge is -2.19. The third-order valence-corrected chi connectivity index (χ3v) is 3.58. The highest BCUT2D eigenvalue weighted by Gasteiger charge is 2.14. The lowest BCUT2D eigenvalue weighted by Crippen LogP contribution is -2.04. The Balaban J connectivity index is 2.43. The maximum atomic E-state index is 6.12. The highest BCUT2D eigenvalue weighted by atomic mass is 35.5. The minimum Gasteiger partial charge on any atom is -0.496 e. The first kappa shape index (κ1) is 9.94. The van der Waals surface area contributed by atoms with Gasteiger partial charge in [-0.1, -0.05) is 29.8 Å². The number of hydrogen-bond donors (Lipinski definition) is 0. The van der Waals surface area contributed by atoms with Crippen LogP contribution in [0.25, 0.3) is 4.91 Å².